The molecule has 1 N–H and O–H groups in total. The quantitative estimate of drug-likeness (QED) is 0.815. The summed E-state index contributed by atoms with van der Waals surface area (Å²) < 4.78 is 25.1. The van der Waals surface area contributed by atoms with Crippen LogP contribution in [0.4, 0.5) is 4.39 Å². The molecule has 2 aromatic carbocycles. The Morgan fingerprint density at radius 3 is 2.71 bits per heavy atom. The summed E-state index contributed by atoms with van der Waals surface area (Å²) in [7, 11) is 0. The fourth-order valence-corrected chi connectivity index (χ4v) is 5.16. The van der Waals surface area contributed by atoms with Gasteiger partial charge in [-0.3, -0.25) is 4.90 Å². The molecule has 1 fully saturated rings. The van der Waals surface area contributed by atoms with Crippen LogP contribution < -0.4 is 9.47 Å². The highest BCUT2D eigenvalue weighted by molar-refractivity contribution is 6.30. The molecular formula is C22H23ClFNO3. The number of ether oxygens (including phenoxy) is 2. The van der Waals surface area contributed by atoms with Crippen molar-refractivity contribution in [2.45, 2.75) is 37.3 Å². The lowest BCUT2D eigenvalue weighted by Gasteiger charge is -2.42. The molecule has 1 atom stereocenters. The zero-order valence-electron chi connectivity index (χ0n) is 15.6. The Morgan fingerprint density at radius 1 is 1.11 bits per heavy atom. The van der Waals surface area contributed by atoms with Crippen LogP contribution in [0, 0.1) is 5.82 Å². The van der Waals surface area contributed by atoms with E-state index >= 15 is 0 Å². The summed E-state index contributed by atoms with van der Waals surface area (Å²) in [6.45, 7) is 2.62. The minimum atomic E-state index is -0.999. The molecule has 1 unspecified atom stereocenters. The SMILES string of the molecule is OC1(N2CCC(c3cc(Cl)cc4c3OCCO4)CC2)CCc2cc(F)ccc21. The maximum Gasteiger partial charge on any atom is 0.164 e. The largest absolute Gasteiger partial charge is 0.486 e. The molecular weight excluding hydrogens is 381 g/mol. The van der Waals surface area contributed by atoms with E-state index < -0.39 is 5.72 Å². The van der Waals surface area contributed by atoms with Crippen LogP contribution in [0.1, 0.15) is 41.9 Å². The summed E-state index contributed by atoms with van der Waals surface area (Å²) >= 11 is 6.31. The Morgan fingerprint density at radius 2 is 1.89 bits per heavy atom. The van der Waals surface area contributed by atoms with Crippen LogP contribution in [-0.4, -0.2) is 36.3 Å². The number of aliphatic hydroxyl groups is 1. The van der Waals surface area contributed by atoms with E-state index in [4.69, 9.17) is 21.1 Å². The number of piperidine rings is 1. The number of fused-ring (bicyclic) bond motifs is 2. The molecule has 4 nitrogen and oxygen atoms in total. The zero-order chi connectivity index (χ0) is 19.3. The smallest absolute Gasteiger partial charge is 0.164 e. The minimum Gasteiger partial charge on any atom is -0.486 e. The minimum absolute atomic E-state index is 0.241. The van der Waals surface area contributed by atoms with Crippen molar-refractivity contribution in [3.63, 3.8) is 0 Å². The first-order valence-corrected chi connectivity index (χ1v) is 10.3. The summed E-state index contributed by atoms with van der Waals surface area (Å²) in [5.74, 6) is 1.61. The fraction of sp³-hybridized carbons (Fsp3) is 0.455. The molecule has 0 aromatic heterocycles. The van der Waals surface area contributed by atoms with Gasteiger partial charge in [0, 0.05) is 35.3 Å². The molecule has 1 saturated heterocycles. The standard InChI is InChI=1S/C22H23ClFNO3/c23-16-12-18(21-20(13-16)27-9-10-28-21)14-4-7-25(8-5-14)22(26)6-3-15-11-17(24)1-2-19(15)22/h1-2,11-14,26H,3-10H2. The van der Waals surface area contributed by atoms with Crippen LogP contribution in [0.3, 0.4) is 0 Å². The van der Waals surface area contributed by atoms with Gasteiger partial charge in [0.2, 0.25) is 0 Å². The number of rotatable bonds is 2. The van der Waals surface area contributed by atoms with Crippen LogP contribution in [0.15, 0.2) is 30.3 Å². The lowest BCUT2D eigenvalue weighted by Crippen LogP contribution is -2.48. The van der Waals surface area contributed by atoms with E-state index in [1.807, 2.05) is 12.1 Å². The second kappa shape index (κ2) is 6.90. The van der Waals surface area contributed by atoms with Crippen LogP contribution >= 0.6 is 11.6 Å². The molecule has 5 rings (SSSR count). The molecule has 0 amide bonds. The van der Waals surface area contributed by atoms with Gasteiger partial charge in [0.1, 0.15) is 24.8 Å². The lowest BCUT2D eigenvalue weighted by atomic mass is 9.87. The van der Waals surface area contributed by atoms with Gasteiger partial charge < -0.3 is 14.6 Å². The van der Waals surface area contributed by atoms with Crippen LogP contribution in [0.2, 0.25) is 5.02 Å². The number of hydrogen-bond donors (Lipinski definition) is 1. The topological polar surface area (TPSA) is 41.9 Å². The van der Waals surface area contributed by atoms with Crippen molar-refractivity contribution in [1.82, 2.24) is 4.90 Å². The Balaban J connectivity index is 1.36. The third-order valence-electron chi connectivity index (χ3n) is 6.34. The second-order valence-corrected chi connectivity index (χ2v) is 8.34. The van der Waals surface area contributed by atoms with Gasteiger partial charge in [0.15, 0.2) is 11.5 Å². The highest BCUT2D eigenvalue weighted by Crippen LogP contribution is 2.46. The van der Waals surface area contributed by atoms with E-state index in [1.54, 1.807) is 12.1 Å². The van der Waals surface area contributed by atoms with Gasteiger partial charge in [-0.1, -0.05) is 17.7 Å². The van der Waals surface area contributed by atoms with Crippen molar-refractivity contribution in [2.24, 2.45) is 0 Å². The van der Waals surface area contributed by atoms with E-state index in [-0.39, 0.29) is 5.82 Å². The van der Waals surface area contributed by atoms with Gasteiger partial charge in [-0.05, 0) is 55.4 Å². The summed E-state index contributed by atoms with van der Waals surface area (Å²) in [4.78, 5) is 2.14. The highest BCUT2D eigenvalue weighted by atomic mass is 35.5. The maximum atomic E-state index is 13.5. The first kappa shape index (κ1) is 18.2. The summed E-state index contributed by atoms with van der Waals surface area (Å²) in [6, 6.07) is 8.53. The van der Waals surface area contributed by atoms with Gasteiger partial charge in [0.05, 0.1) is 0 Å². The molecule has 2 aromatic rings. The predicted octanol–water partition coefficient (Wildman–Crippen LogP) is 4.22. The van der Waals surface area contributed by atoms with E-state index in [0.29, 0.717) is 37.0 Å². The molecule has 1 aliphatic carbocycles. The molecule has 3 aliphatic rings. The maximum absolute atomic E-state index is 13.5. The first-order chi connectivity index (χ1) is 13.5. The Hall–Kier alpha value is -1.82. The average Bonchev–Trinajstić information content (AvgIpc) is 3.04. The molecule has 148 valence electrons. The third kappa shape index (κ3) is 2.97. The van der Waals surface area contributed by atoms with E-state index in [9.17, 15) is 9.50 Å². The van der Waals surface area contributed by atoms with Crippen molar-refractivity contribution in [3.05, 3.63) is 57.9 Å². The molecule has 0 bridgehead atoms. The second-order valence-electron chi connectivity index (χ2n) is 7.90. The molecule has 0 saturated carbocycles. The number of benzene rings is 2. The molecule has 28 heavy (non-hydrogen) atoms. The van der Waals surface area contributed by atoms with Crippen molar-refractivity contribution >= 4 is 11.6 Å². The lowest BCUT2D eigenvalue weighted by molar-refractivity contribution is -0.123. The Kier molecular flexibility index (Phi) is 4.49. The Labute approximate surface area is 168 Å². The van der Waals surface area contributed by atoms with Crippen LogP contribution in [0.5, 0.6) is 11.5 Å². The van der Waals surface area contributed by atoms with Crippen molar-refractivity contribution < 1.29 is 19.0 Å². The van der Waals surface area contributed by atoms with Crippen molar-refractivity contribution in [1.29, 1.82) is 0 Å². The van der Waals surface area contributed by atoms with E-state index in [0.717, 1.165) is 54.1 Å². The van der Waals surface area contributed by atoms with Crippen LogP contribution in [0.25, 0.3) is 0 Å². The van der Waals surface area contributed by atoms with Crippen LogP contribution in [-0.2, 0) is 12.1 Å². The molecule has 0 spiro atoms. The van der Waals surface area contributed by atoms with E-state index in [2.05, 4.69) is 4.90 Å². The number of likely N-dealkylation sites (tertiary alicyclic amines) is 1. The molecule has 6 heteroatoms. The van der Waals surface area contributed by atoms with Crippen molar-refractivity contribution in [2.75, 3.05) is 26.3 Å². The summed E-state index contributed by atoms with van der Waals surface area (Å²) in [5.41, 5.74) is 1.87. The zero-order valence-corrected chi connectivity index (χ0v) is 16.3. The number of aryl methyl sites for hydroxylation is 1. The molecule has 0 radical (unpaired) electrons. The molecule has 2 heterocycles. The Bertz CT molecular complexity index is 913. The van der Waals surface area contributed by atoms with Gasteiger partial charge in [-0.15, -0.1) is 0 Å². The fourth-order valence-electron chi connectivity index (χ4n) is 4.94. The highest BCUT2D eigenvalue weighted by Gasteiger charge is 2.43. The summed E-state index contributed by atoms with van der Waals surface area (Å²) in [6.07, 6.45) is 3.11. The molecule has 2 aliphatic heterocycles. The van der Waals surface area contributed by atoms with Gasteiger partial charge in [0.25, 0.3) is 0 Å². The number of halogens is 2. The van der Waals surface area contributed by atoms with Gasteiger partial charge >= 0.3 is 0 Å². The van der Waals surface area contributed by atoms with Crippen molar-refractivity contribution in [3.8, 4) is 11.5 Å². The van der Waals surface area contributed by atoms with E-state index in [1.165, 1.54) is 6.07 Å². The normalized spacial score (nSPS) is 25.0. The average molecular weight is 404 g/mol. The number of hydrogen-bond acceptors (Lipinski definition) is 4. The monoisotopic (exact) mass is 403 g/mol. The number of nitrogens with zero attached hydrogens (tertiary/aromatic N) is 1. The first-order valence-electron chi connectivity index (χ1n) is 9.90. The van der Waals surface area contributed by atoms with Gasteiger partial charge in [-0.2, -0.15) is 0 Å². The van der Waals surface area contributed by atoms with Gasteiger partial charge in [-0.25, -0.2) is 4.39 Å². The summed E-state index contributed by atoms with van der Waals surface area (Å²) in [5, 5.41) is 12.0. The third-order valence-corrected chi connectivity index (χ3v) is 6.55. The predicted molar refractivity (Wildman–Crippen MR) is 105 cm³/mol.